The lowest BCUT2D eigenvalue weighted by atomic mass is 10.1. The Morgan fingerprint density at radius 3 is 2.09 bits per heavy atom. The van der Waals surface area contributed by atoms with Crippen LogP contribution in [0.25, 0.3) is 16.9 Å². The Hall–Kier alpha value is -4.59. The number of hydrogen-bond donors (Lipinski definition) is 2. The van der Waals surface area contributed by atoms with Crippen LogP contribution in [0.5, 0.6) is 11.5 Å². The highest BCUT2D eigenvalue weighted by Gasteiger charge is 2.20. The fourth-order valence-electron chi connectivity index (χ4n) is 3.54. The van der Waals surface area contributed by atoms with Gasteiger partial charge in [0.1, 0.15) is 11.5 Å². The van der Waals surface area contributed by atoms with E-state index >= 15 is 0 Å². The second-order valence-corrected chi connectivity index (χ2v) is 7.44. The van der Waals surface area contributed by atoms with E-state index in [1.165, 1.54) is 18.9 Å². The first-order valence-electron chi connectivity index (χ1n) is 10.6. The zero-order valence-electron chi connectivity index (χ0n) is 19.0. The molecule has 3 aromatic carbocycles. The summed E-state index contributed by atoms with van der Waals surface area (Å²) in [4.78, 5) is 26.2. The molecule has 1 aromatic heterocycles. The van der Waals surface area contributed by atoms with Crippen molar-refractivity contribution in [3.05, 3.63) is 100 Å². The minimum atomic E-state index is -0.461. The molecular weight excluding hydrogens is 432 g/mol. The maximum atomic E-state index is 13.4. The lowest BCUT2D eigenvalue weighted by molar-refractivity contribution is 0.0954. The number of nitrogens with one attached hydrogen (secondary N) is 2. The molecule has 0 bridgehead atoms. The van der Waals surface area contributed by atoms with Crippen molar-refractivity contribution in [1.82, 2.24) is 15.2 Å². The summed E-state index contributed by atoms with van der Waals surface area (Å²) in [5.41, 5.74) is 5.40. The summed E-state index contributed by atoms with van der Waals surface area (Å²) in [6.45, 7) is 1.68. The SMILES string of the molecule is COc1cc(OC)cc(C(=O)N/N=C(\C)c2c(-c3ccccc3)[nH]n(-c3ccccc3)c2=O)c1. The number of carbonyl (C=O) groups is 1. The van der Waals surface area contributed by atoms with Gasteiger partial charge in [0.05, 0.1) is 36.9 Å². The number of nitrogens with zero attached hydrogens (tertiary/aromatic N) is 2. The van der Waals surface area contributed by atoms with Crippen molar-refractivity contribution >= 4 is 11.6 Å². The van der Waals surface area contributed by atoms with Gasteiger partial charge in [-0.05, 0) is 31.2 Å². The lowest BCUT2D eigenvalue weighted by Gasteiger charge is -2.08. The number of amides is 1. The van der Waals surface area contributed by atoms with Crippen LogP contribution in [-0.2, 0) is 0 Å². The second-order valence-electron chi connectivity index (χ2n) is 7.44. The first-order valence-corrected chi connectivity index (χ1v) is 10.6. The molecule has 0 radical (unpaired) electrons. The number of hydrogen-bond acceptors (Lipinski definition) is 5. The number of rotatable bonds is 7. The molecule has 0 atom stereocenters. The zero-order valence-corrected chi connectivity index (χ0v) is 19.0. The molecular formula is C26H24N4O4. The molecule has 0 saturated carbocycles. The predicted molar refractivity (Wildman–Crippen MR) is 131 cm³/mol. The molecule has 8 heteroatoms. The molecule has 0 aliphatic carbocycles. The van der Waals surface area contributed by atoms with E-state index in [0.717, 1.165) is 5.56 Å². The van der Waals surface area contributed by atoms with Gasteiger partial charge >= 0.3 is 0 Å². The summed E-state index contributed by atoms with van der Waals surface area (Å²) in [5, 5.41) is 7.43. The zero-order chi connectivity index (χ0) is 24.1. The third-order valence-electron chi connectivity index (χ3n) is 5.27. The fourth-order valence-corrected chi connectivity index (χ4v) is 3.54. The number of methoxy groups -OCH3 is 2. The lowest BCUT2D eigenvalue weighted by Crippen LogP contribution is -2.23. The Balaban J connectivity index is 1.73. The van der Waals surface area contributed by atoms with Crippen LogP contribution in [0.1, 0.15) is 22.8 Å². The maximum absolute atomic E-state index is 13.4. The van der Waals surface area contributed by atoms with Crippen LogP contribution in [-0.4, -0.2) is 35.6 Å². The van der Waals surface area contributed by atoms with E-state index in [9.17, 15) is 9.59 Å². The van der Waals surface area contributed by atoms with Gasteiger partial charge in [-0.2, -0.15) is 5.10 Å². The summed E-state index contributed by atoms with van der Waals surface area (Å²) in [5.74, 6) is 0.498. The second kappa shape index (κ2) is 9.91. The highest BCUT2D eigenvalue weighted by atomic mass is 16.5. The number of aromatic nitrogens is 2. The van der Waals surface area contributed by atoms with E-state index < -0.39 is 5.91 Å². The summed E-state index contributed by atoms with van der Waals surface area (Å²) >= 11 is 0. The number of H-pyrrole nitrogens is 1. The molecule has 2 N–H and O–H groups in total. The fraction of sp³-hybridized carbons (Fsp3) is 0.115. The van der Waals surface area contributed by atoms with Crippen LogP contribution < -0.4 is 20.5 Å². The average Bonchev–Trinajstić information content (AvgIpc) is 3.24. The van der Waals surface area contributed by atoms with Gasteiger partial charge in [0.25, 0.3) is 11.5 Å². The molecule has 0 aliphatic heterocycles. The smallest absolute Gasteiger partial charge is 0.281 e. The molecule has 0 unspecified atom stereocenters. The molecule has 4 aromatic rings. The van der Waals surface area contributed by atoms with Crippen molar-refractivity contribution < 1.29 is 14.3 Å². The summed E-state index contributed by atoms with van der Waals surface area (Å²) in [6.07, 6.45) is 0. The summed E-state index contributed by atoms with van der Waals surface area (Å²) < 4.78 is 11.9. The van der Waals surface area contributed by atoms with Gasteiger partial charge in [0, 0.05) is 17.2 Å². The monoisotopic (exact) mass is 456 g/mol. The molecule has 34 heavy (non-hydrogen) atoms. The van der Waals surface area contributed by atoms with E-state index in [1.54, 1.807) is 25.1 Å². The van der Waals surface area contributed by atoms with Gasteiger partial charge in [-0.3, -0.25) is 14.7 Å². The van der Waals surface area contributed by atoms with Crippen LogP contribution in [0.2, 0.25) is 0 Å². The molecule has 8 nitrogen and oxygen atoms in total. The maximum Gasteiger partial charge on any atom is 0.281 e. The molecule has 0 aliphatic rings. The molecule has 4 rings (SSSR count). The Bertz CT molecular complexity index is 1370. The van der Waals surface area contributed by atoms with Gasteiger partial charge in [-0.1, -0.05) is 48.5 Å². The van der Waals surface area contributed by atoms with Crippen LogP contribution in [0, 0.1) is 0 Å². The minimum Gasteiger partial charge on any atom is -0.497 e. The highest BCUT2D eigenvalue weighted by molar-refractivity contribution is 6.04. The van der Waals surface area contributed by atoms with Crippen LogP contribution in [0.15, 0.2) is 88.8 Å². The molecule has 0 saturated heterocycles. The van der Waals surface area contributed by atoms with Gasteiger partial charge in [-0.25, -0.2) is 10.1 Å². The topological polar surface area (TPSA) is 97.7 Å². The van der Waals surface area contributed by atoms with Crippen molar-refractivity contribution in [1.29, 1.82) is 0 Å². The summed E-state index contributed by atoms with van der Waals surface area (Å²) in [6, 6.07) is 23.6. The first-order chi connectivity index (χ1) is 16.5. The standard InChI is InChI=1S/C26H24N4O4/c1-17(27-28-25(31)19-14-21(33-2)16-22(15-19)34-3)23-24(18-10-6-4-7-11-18)29-30(26(23)32)20-12-8-5-9-13-20/h4-16,29H,1-3H3,(H,28,31)/b27-17+. The van der Waals surface area contributed by atoms with E-state index in [2.05, 4.69) is 15.6 Å². The molecule has 1 amide bonds. The molecule has 0 fully saturated rings. The van der Waals surface area contributed by atoms with E-state index in [-0.39, 0.29) is 5.56 Å². The number of para-hydroxylation sites is 1. The Kier molecular flexibility index (Phi) is 6.59. The largest absolute Gasteiger partial charge is 0.497 e. The third kappa shape index (κ3) is 4.61. The van der Waals surface area contributed by atoms with E-state index in [4.69, 9.17) is 9.47 Å². The van der Waals surface area contributed by atoms with E-state index in [1.807, 2.05) is 60.7 Å². The van der Waals surface area contributed by atoms with Crippen molar-refractivity contribution in [2.24, 2.45) is 5.10 Å². The Morgan fingerprint density at radius 2 is 1.50 bits per heavy atom. The molecule has 0 spiro atoms. The minimum absolute atomic E-state index is 0.274. The number of ether oxygens (including phenoxy) is 2. The predicted octanol–water partition coefficient (Wildman–Crippen LogP) is 4.00. The third-order valence-corrected chi connectivity index (χ3v) is 5.27. The number of hydrazone groups is 1. The van der Waals surface area contributed by atoms with E-state index in [0.29, 0.717) is 39.7 Å². The summed E-state index contributed by atoms with van der Waals surface area (Å²) in [7, 11) is 3.01. The number of carbonyl (C=O) groups excluding carboxylic acids is 1. The Labute approximate surface area is 196 Å². The van der Waals surface area contributed by atoms with Crippen molar-refractivity contribution in [3.63, 3.8) is 0 Å². The molecule has 1 heterocycles. The van der Waals surface area contributed by atoms with Gasteiger partial charge in [0.2, 0.25) is 0 Å². The highest BCUT2D eigenvalue weighted by Crippen LogP contribution is 2.23. The number of aromatic amines is 1. The van der Waals surface area contributed by atoms with Gasteiger partial charge in [0.15, 0.2) is 0 Å². The van der Waals surface area contributed by atoms with Crippen molar-refractivity contribution in [3.8, 4) is 28.4 Å². The van der Waals surface area contributed by atoms with Crippen molar-refractivity contribution in [2.75, 3.05) is 14.2 Å². The normalized spacial score (nSPS) is 11.2. The van der Waals surface area contributed by atoms with Gasteiger partial charge < -0.3 is 9.47 Å². The van der Waals surface area contributed by atoms with Crippen LogP contribution in [0.3, 0.4) is 0 Å². The van der Waals surface area contributed by atoms with Crippen molar-refractivity contribution in [2.45, 2.75) is 6.92 Å². The molecule has 172 valence electrons. The van der Waals surface area contributed by atoms with Crippen LogP contribution in [0.4, 0.5) is 0 Å². The average molecular weight is 457 g/mol. The van der Waals surface area contributed by atoms with Gasteiger partial charge in [-0.15, -0.1) is 0 Å². The number of benzene rings is 3. The first kappa shape index (κ1) is 22.6. The van der Waals surface area contributed by atoms with Crippen LogP contribution >= 0.6 is 0 Å². The Morgan fingerprint density at radius 1 is 0.912 bits per heavy atom. The quantitative estimate of drug-likeness (QED) is 0.324.